The minimum Gasteiger partial charge on any atom is -0.508 e. The van der Waals surface area contributed by atoms with Gasteiger partial charge in [-0.05, 0) is 117 Å². The van der Waals surface area contributed by atoms with Crippen LogP contribution in [0.15, 0.2) is 60.4 Å². The van der Waals surface area contributed by atoms with Crippen LogP contribution in [0.3, 0.4) is 0 Å². The van der Waals surface area contributed by atoms with E-state index in [0.717, 1.165) is 51.0 Å². The van der Waals surface area contributed by atoms with Crippen LogP contribution in [0.5, 0.6) is 11.5 Å². The summed E-state index contributed by atoms with van der Waals surface area (Å²) >= 11 is 0. The van der Waals surface area contributed by atoms with Crippen LogP contribution >= 0.6 is 0 Å². The topological polar surface area (TPSA) is 56.2 Å². The zero-order valence-corrected chi connectivity index (χ0v) is 22.5. The highest BCUT2D eigenvalue weighted by Crippen LogP contribution is 2.38. The lowest BCUT2D eigenvalue weighted by Gasteiger charge is -2.40. The van der Waals surface area contributed by atoms with Crippen LogP contribution in [-0.4, -0.2) is 58.8 Å². The van der Waals surface area contributed by atoms with E-state index in [1.165, 1.54) is 30.4 Å². The summed E-state index contributed by atoms with van der Waals surface area (Å²) in [5, 5.41) is 20.3. The summed E-state index contributed by atoms with van der Waals surface area (Å²) in [7, 11) is 0. The van der Waals surface area contributed by atoms with Crippen LogP contribution in [-0.2, 0) is 19.4 Å². The average Bonchev–Trinajstić information content (AvgIpc) is 2.93. The van der Waals surface area contributed by atoms with E-state index in [1.54, 1.807) is 18.2 Å². The van der Waals surface area contributed by atoms with Gasteiger partial charge in [0.25, 0.3) is 0 Å². The molecule has 5 nitrogen and oxygen atoms in total. The van der Waals surface area contributed by atoms with Crippen molar-refractivity contribution in [2.75, 3.05) is 32.8 Å². The number of phenols is 1. The molecule has 3 aliphatic rings. The van der Waals surface area contributed by atoms with Gasteiger partial charge in [0.2, 0.25) is 0 Å². The van der Waals surface area contributed by atoms with Gasteiger partial charge >= 0.3 is 0 Å². The normalized spacial score (nSPS) is 23.8. The lowest BCUT2D eigenvalue weighted by atomic mass is 9.72. The summed E-state index contributed by atoms with van der Waals surface area (Å²) in [5.74, 6) is 1.29. The Hall–Kier alpha value is -2.83. The highest BCUT2D eigenvalue weighted by Gasteiger charge is 2.34. The van der Waals surface area contributed by atoms with Gasteiger partial charge in [-0.25, -0.2) is 4.39 Å². The smallest absolute Gasteiger partial charge is 0.165 e. The molecule has 6 heteroatoms. The third kappa shape index (κ3) is 6.41. The largest absolute Gasteiger partial charge is 0.508 e. The number of ether oxygens (including phenoxy) is 1. The van der Waals surface area contributed by atoms with Crippen molar-refractivity contribution in [3.8, 4) is 11.5 Å². The van der Waals surface area contributed by atoms with Gasteiger partial charge in [-0.2, -0.15) is 0 Å². The van der Waals surface area contributed by atoms with Crippen molar-refractivity contribution in [1.29, 1.82) is 0 Å². The molecule has 0 aromatic heterocycles. The van der Waals surface area contributed by atoms with E-state index in [4.69, 9.17) is 4.74 Å². The molecule has 1 aliphatic heterocycles. The maximum absolute atomic E-state index is 15.0. The highest BCUT2D eigenvalue weighted by atomic mass is 19.1. The number of rotatable bonds is 9. The summed E-state index contributed by atoms with van der Waals surface area (Å²) < 4.78 is 20.8. The predicted octanol–water partition coefficient (Wildman–Crippen LogP) is 6.02. The summed E-state index contributed by atoms with van der Waals surface area (Å²) in [6.07, 6.45) is 12.6. The number of hydrogen-bond donors (Lipinski definition) is 2. The zero-order chi connectivity index (χ0) is 26.5. The third-order valence-electron chi connectivity index (χ3n) is 8.55. The number of hydrogen-bond acceptors (Lipinski definition) is 5. The molecule has 0 saturated carbocycles. The number of likely N-dealkylation sites (tertiary alicyclic amines) is 1. The number of halogens is 1. The maximum atomic E-state index is 15.0. The fourth-order valence-corrected chi connectivity index (χ4v) is 6.44. The first-order chi connectivity index (χ1) is 18.5. The number of phenolic OH excluding ortho intramolecular Hbond substituents is 1. The summed E-state index contributed by atoms with van der Waals surface area (Å²) in [4.78, 5) is 4.71. The van der Waals surface area contributed by atoms with Crippen molar-refractivity contribution in [3.05, 3.63) is 82.9 Å². The molecule has 1 fully saturated rings. The Morgan fingerprint density at radius 2 is 1.89 bits per heavy atom. The molecule has 0 bridgehead atoms. The molecule has 1 heterocycles. The predicted molar refractivity (Wildman–Crippen MR) is 149 cm³/mol. The maximum Gasteiger partial charge on any atom is 0.165 e. The number of aryl methyl sites for hydroxylation is 1. The van der Waals surface area contributed by atoms with Gasteiger partial charge in [0.15, 0.2) is 11.6 Å². The summed E-state index contributed by atoms with van der Waals surface area (Å²) in [5.41, 5.74) is 3.43. The number of piperidine rings is 1. The lowest BCUT2D eigenvalue weighted by molar-refractivity contribution is 0.149. The second-order valence-corrected chi connectivity index (χ2v) is 11.1. The Bertz CT molecular complexity index is 1160. The number of nitrogens with zero attached hydrogens (tertiary/aromatic N) is 2. The van der Waals surface area contributed by atoms with E-state index in [-0.39, 0.29) is 23.5 Å². The van der Waals surface area contributed by atoms with Gasteiger partial charge in [0.1, 0.15) is 18.1 Å². The molecule has 2 unspecified atom stereocenters. The Morgan fingerprint density at radius 3 is 2.68 bits per heavy atom. The Morgan fingerprint density at radius 1 is 1.05 bits per heavy atom. The van der Waals surface area contributed by atoms with Crippen LogP contribution in [0.25, 0.3) is 0 Å². The van der Waals surface area contributed by atoms with E-state index in [9.17, 15) is 14.6 Å². The number of fused-ring (bicyclic) bond motifs is 1. The van der Waals surface area contributed by atoms with E-state index >= 15 is 0 Å². The van der Waals surface area contributed by atoms with Crippen molar-refractivity contribution >= 4 is 0 Å². The van der Waals surface area contributed by atoms with Crippen LogP contribution < -0.4 is 4.74 Å². The molecule has 0 radical (unpaired) electrons. The number of benzene rings is 2. The van der Waals surface area contributed by atoms with Crippen molar-refractivity contribution in [3.63, 3.8) is 0 Å². The lowest BCUT2D eigenvalue weighted by Crippen LogP contribution is -2.43. The second kappa shape index (κ2) is 12.4. The van der Waals surface area contributed by atoms with Gasteiger partial charge in [0, 0.05) is 19.1 Å². The molecule has 2 aromatic carbocycles. The van der Waals surface area contributed by atoms with Crippen LogP contribution in [0.4, 0.5) is 4.39 Å². The Balaban J connectivity index is 1.24. The molecule has 38 heavy (non-hydrogen) atoms. The molecule has 3 atom stereocenters. The van der Waals surface area contributed by atoms with Gasteiger partial charge in [-0.1, -0.05) is 31.6 Å². The van der Waals surface area contributed by atoms with Gasteiger partial charge < -0.3 is 14.9 Å². The minimum absolute atomic E-state index is 0.0252. The van der Waals surface area contributed by atoms with Gasteiger partial charge in [-0.3, -0.25) is 9.80 Å². The molecular formula is C32H41FN2O3. The molecule has 2 aromatic rings. The Labute approximate surface area is 226 Å². The number of aliphatic hydroxyl groups is 1. The molecule has 2 N–H and O–H groups in total. The fourth-order valence-electron chi connectivity index (χ4n) is 6.44. The standard InChI is InChI=1S/C32H41FN2O3/c1-2-35(22-23-6-13-32(30(33)18-23)38-17-16-34-14-4-3-5-15-34)31-21-28(37)11-12-29(31)26-8-7-25-20-27(36)10-9-24(25)19-26/h6,9-13,18,20-21,26,29,31,36-37H,2-5,7-8,14-17,19,22H2,1H3/t26-,29?,31?/m1/s1. The quantitative estimate of drug-likeness (QED) is 0.424. The first-order valence-electron chi connectivity index (χ1n) is 14.3. The van der Waals surface area contributed by atoms with Crippen molar-refractivity contribution in [1.82, 2.24) is 9.80 Å². The molecule has 5 rings (SSSR count). The SMILES string of the molecule is CCN(Cc1ccc(OCCN2CCCCC2)c(F)c1)C1C=C(O)C=CC1[C@@H]1CCc2cc(O)ccc2C1. The monoisotopic (exact) mass is 520 g/mol. The average molecular weight is 521 g/mol. The number of allylic oxidation sites excluding steroid dienone is 1. The highest BCUT2D eigenvalue weighted by molar-refractivity contribution is 5.37. The summed E-state index contributed by atoms with van der Waals surface area (Å²) in [6, 6.07) is 11.0. The third-order valence-corrected chi connectivity index (χ3v) is 8.55. The van der Waals surface area contributed by atoms with E-state index < -0.39 is 0 Å². The summed E-state index contributed by atoms with van der Waals surface area (Å²) in [6.45, 7) is 7.05. The zero-order valence-electron chi connectivity index (χ0n) is 22.5. The van der Waals surface area contributed by atoms with Crippen molar-refractivity contribution in [2.45, 2.75) is 58.0 Å². The molecule has 2 aliphatic carbocycles. The van der Waals surface area contributed by atoms with E-state index in [2.05, 4.69) is 22.8 Å². The number of aliphatic hydroxyl groups excluding tert-OH is 1. The fraction of sp³-hybridized carbons (Fsp3) is 0.500. The number of aromatic hydroxyl groups is 1. The van der Waals surface area contributed by atoms with Crippen LogP contribution in [0, 0.1) is 17.7 Å². The van der Waals surface area contributed by atoms with Crippen LogP contribution in [0.1, 0.15) is 49.3 Å². The first kappa shape index (κ1) is 26.8. The van der Waals surface area contributed by atoms with Crippen molar-refractivity contribution in [2.24, 2.45) is 11.8 Å². The van der Waals surface area contributed by atoms with Crippen LogP contribution in [0.2, 0.25) is 0 Å². The number of likely N-dealkylation sites (N-methyl/N-ethyl adjacent to an activating group) is 1. The second-order valence-electron chi connectivity index (χ2n) is 11.1. The Kier molecular flexibility index (Phi) is 8.70. The van der Waals surface area contributed by atoms with E-state index in [1.807, 2.05) is 30.4 Å². The van der Waals surface area contributed by atoms with E-state index in [0.29, 0.717) is 30.6 Å². The van der Waals surface area contributed by atoms with Gasteiger partial charge in [-0.15, -0.1) is 0 Å². The molecule has 0 spiro atoms. The molecule has 204 valence electrons. The molecular weight excluding hydrogens is 479 g/mol. The minimum atomic E-state index is -0.317. The van der Waals surface area contributed by atoms with Crippen molar-refractivity contribution < 1.29 is 19.3 Å². The van der Waals surface area contributed by atoms with Gasteiger partial charge in [0.05, 0.1) is 0 Å². The first-order valence-corrected chi connectivity index (χ1v) is 14.3. The molecule has 0 amide bonds. The molecule has 1 saturated heterocycles.